The summed E-state index contributed by atoms with van der Waals surface area (Å²) >= 11 is 6.00. The van der Waals surface area contributed by atoms with E-state index in [1.165, 1.54) is 0 Å². The van der Waals surface area contributed by atoms with Crippen molar-refractivity contribution < 1.29 is 14.3 Å². The van der Waals surface area contributed by atoms with E-state index < -0.39 is 0 Å². The van der Waals surface area contributed by atoms with Gasteiger partial charge in [-0.1, -0.05) is 35.9 Å². The predicted octanol–water partition coefficient (Wildman–Crippen LogP) is 5.71. The first-order valence-electron chi connectivity index (χ1n) is 9.11. The van der Waals surface area contributed by atoms with Gasteiger partial charge >= 0.3 is 5.97 Å². The van der Waals surface area contributed by atoms with Crippen molar-refractivity contribution >= 4 is 23.3 Å². The van der Waals surface area contributed by atoms with E-state index in [2.05, 4.69) is 5.32 Å². The van der Waals surface area contributed by atoms with Crippen molar-refractivity contribution in [2.75, 3.05) is 11.9 Å². The van der Waals surface area contributed by atoms with Crippen molar-refractivity contribution in [2.45, 2.75) is 20.1 Å². The lowest BCUT2D eigenvalue weighted by Crippen LogP contribution is -2.05. The fourth-order valence-electron chi connectivity index (χ4n) is 2.68. The Balaban J connectivity index is 1.55. The topological polar surface area (TPSA) is 47.6 Å². The summed E-state index contributed by atoms with van der Waals surface area (Å²) in [4.78, 5) is 11.7. The van der Waals surface area contributed by atoms with Crippen LogP contribution in [0.15, 0.2) is 72.8 Å². The van der Waals surface area contributed by atoms with Crippen LogP contribution in [0.2, 0.25) is 5.02 Å². The lowest BCUT2D eigenvalue weighted by Gasteiger charge is -2.10. The zero-order valence-corrected chi connectivity index (χ0v) is 16.4. The average molecular weight is 396 g/mol. The zero-order chi connectivity index (χ0) is 19.8. The van der Waals surface area contributed by atoms with Crippen molar-refractivity contribution in [3.63, 3.8) is 0 Å². The van der Waals surface area contributed by atoms with Crippen LogP contribution in [0.1, 0.15) is 28.4 Å². The molecule has 0 atom stereocenters. The summed E-state index contributed by atoms with van der Waals surface area (Å²) in [5.41, 5.74) is 3.60. The summed E-state index contributed by atoms with van der Waals surface area (Å²) in [7, 11) is 0. The molecule has 0 fully saturated rings. The Hall–Kier alpha value is -2.98. The first-order valence-corrected chi connectivity index (χ1v) is 9.49. The van der Waals surface area contributed by atoms with Crippen molar-refractivity contribution in [3.8, 4) is 5.75 Å². The predicted molar refractivity (Wildman–Crippen MR) is 112 cm³/mol. The molecule has 0 amide bonds. The van der Waals surface area contributed by atoms with Crippen LogP contribution in [0.4, 0.5) is 5.69 Å². The van der Waals surface area contributed by atoms with E-state index in [1.807, 2.05) is 60.7 Å². The average Bonchev–Trinajstić information content (AvgIpc) is 2.72. The highest BCUT2D eigenvalue weighted by molar-refractivity contribution is 6.30. The van der Waals surface area contributed by atoms with Crippen LogP contribution in [-0.4, -0.2) is 12.6 Å². The maximum Gasteiger partial charge on any atom is 0.338 e. The molecule has 1 N–H and O–H groups in total. The molecule has 28 heavy (non-hydrogen) atoms. The van der Waals surface area contributed by atoms with Crippen LogP contribution in [0.3, 0.4) is 0 Å². The summed E-state index contributed by atoms with van der Waals surface area (Å²) in [5.74, 6) is 0.496. The molecule has 3 rings (SSSR count). The first kappa shape index (κ1) is 19.8. The molecular formula is C23H22ClNO3. The molecule has 0 aliphatic rings. The Morgan fingerprint density at radius 3 is 2.46 bits per heavy atom. The maximum atomic E-state index is 11.7. The highest BCUT2D eigenvalue weighted by Crippen LogP contribution is 2.18. The highest BCUT2D eigenvalue weighted by atomic mass is 35.5. The molecule has 5 heteroatoms. The summed E-state index contributed by atoms with van der Waals surface area (Å²) in [6.07, 6.45) is 0. The van der Waals surface area contributed by atoms with E-state index in [9.17, 15) is 4.79 Å². The summed E-state index contributed by atoms with van der Waals surface area (Å²) in [6, 6.07) is 22.8. The molecule has 0 bridgehead atoms. The quantitative estimate of drug-likeness (QED) is 0.496. The molecule has 0 spiro atoms. The molecule has 0 saturated carbocycles. The third-order valence-electron chi connectivity index (χ3n) is 4.09. The standard InChI is InChI=1S/C23H22ClNO3/c1-2-27-23(26)19-9-11-21(12-10-19)25-15-17-5-4-8-22(14-17)28-16-18-6-3-7-20(24)13-18/h3-14,25H,2,15-16H2,1H3. The Kier molecular flexibility index (Phi) is 6.93. The van der Waals surface area contributed by atoms with Crippen LogP contribution < -0.4 is 10.1 Å². The molecule has 0 aliphatic heterocycles. The van der Waals surface area contributed by atoms with E-state index >= 15 is 0 Å². The Morgan fingerprint density at radius 2 is 1.71 bits per heavy atom. The molecule has 0 unspecified atom stereocenters. The lowest BCUT2D eigenvalue weighted by molar-refractivity contribution is 0.0526. The number of carbonyl (C=O) groups excluding carboxylic acids is 1. The molecular weight excluding hydrogens is 374 g/mol. The van der Waals surface area contributed by atoms with Gasteiger partial charge in [-0.15, -0.1) is 0 Å². The number of rotatable bonds is 8. The van der Waals surface area contributed by atoms with Crippen molar-refractivity contribution in [1.82, 2.24) is 0 Å². The second kappa shape index (κ2) is 9.81. The molecule has 144 valence electrons. The Bertz CT molecular complexity index is 925. The van der Waals surface area contributed by atoms with Gasteiger partial charge in [0, 0.05) is 17.3 Å². The molecule has 0 heterocycles. The van der Waals surface area contributed by atoms with E-state index in [0.717, 1.165) is 22.6 Å². The van der Waals surface area contributed by atoms with Crippen LogP contribution in [0.5, 0.6) is 5.75 Å². The van der Waals surface area contributed by atoms with Gasteiger partial charge in [-0.2, -0.15) is 0 Å². The fraction of sp³-hybridized carbons (Fsp3) is 0.174. The summed E-state index contributed by atoms with van der Waals surface area (Å²) in [6.45, 7) is 3.27. The van der Waals surface area contributed by atoms with Gasteiger partial charge < -0.3 is 14.8 Å². The number of carbonyl (C=O) groups is 1. The number of nitrogens with one attached hydrogen (secondary N) is 1. The lowest BCUT2D eigenvalue weighted by atomic mass is 10.2. The fourth-order valence-corrected chi connectivity index (χ4v) is 2.89. The van der Waals surface area contributed by atoms with E-state index in [-0.39, 0.29) is 5.97 Å². The number of benzene rings is 3. The van der Waals surface area contributed by atoms with Crippen molar-refractivity contribution in [3.05, 3.63) is 94.5 Å². The second-order valence-electron chi connectivity index (χ2n) is 6.22. The normalized spacial score (nSPS) is 10.4. The Morgan fingerprint density at radius 1 is 0.964 bits per heavy atom. The summed E-state index contributed by atoms with van der Waals surface area (Å²) in [5, 5.41) is 4.04. The SMILES string of the molecule is CCOC(=O)c1ccc(NCc2cccc(OCc3cccc(Cl)c3)c2)cc1. The van der Waals surface area contributed by atoms with Crippen molar-refractivity contribution in [1.29, 1.82) is 0 Å². The van der Waals surface area contributed by atoms with E-state index in [4.69, 9.17) is 21.1 Å². The van der Waals surface area contributed by atoms with Crippen LogP contribution in [-0.2, 0) is 17.9 Å². The van der Waals surface area contributed by atoms with Gasteiger partial charge in [0.1, 0.15) is 12.4 Å². The molecule has 3 aromatic carbocycles. The number of hydrogen-bond donors (Lipinski definition) is 1. The number of esters is 1. The van der Waals surface area contributed by atoms with Crippen LogP contribution >= 0.6 is 11.6 Å². The van der Waals surface area contributed by atoms with E-state index in [0.29, 0.717) is 30.3 Å². The zero-order valence-electron chi connectivity index (χ0n) is 15.7. The molecule has 0 saturated heterocycles. The van der Waals surface area contributed by atoms with Crippen LogP contribution in [0.25, 0.3) is 0 Å². The van der Waals surface area contributed by atoms with Crippen molar-refractivity contribution in [2.24, 2.45) is 0 Å². The first-order chi connectivity index (χ1) is 13.6. The Labute approximate surface area is 170 Å². The number of ether oxygens (including phenoxy) is 2. The summed E-state index contributed by atoms with van der Waals surface area (Å²) < 4.78 is 10.9. The van der Waals surface area contributed by atoms with E-state index in [1.54, 1.807) is 19.1 Å². The minimum atomic E-state index is -0.307. The maximum absolute atomic E-state index is 11.7. The second-order valence-corrected chi connectivity index (χ2v) is 6.65. The largest absolute Gasteiger partial charge is 0.489 e. The monoisotopic (exact) mass is 395 g/mol. The third kappa shape index (κ3) is 5.76. The van der Waals surface area contributed by atoms with Gasteiger partial charge in [-0.25, -0.2) is 4.79 Å². The number of hydrogen-bond acceptors (Lipinski definition) is 4. The van der Waals surface area contributed by atoms with Crippen LogP contribution in [0, 0.1) is 0 Å². The molecule has 0 aliphatic carbocycles. The highest BCUT2D eigenvalue weighted by Gasteiger charge is 2.05. The third-order valence-corrected chi connectivity index (χ3v) is 4.32. The van der Waals surface area contributed by atoms with Gasteiger partial charge in [-0.3, -0.25) is 0 Å². The number of halogens is 1. The smallest absolute Gasteiger partial charge is 0.338 e. The molecule has 3 aromatic rings. The minimum Gasteiger partial charge on any atom is -0.489 e. The van der Waals surface area contributed by atoms with Gasteiger partial charge in [0.05, 0.1) is 12.2 Å². The van der Waals surface area contributed by atoms with Gasteiger partial charge in [-0.05, 0) is 66.6 Å². The molecule has 0 aromatic heterocycles. The number of anilines is 1. The van der Waals surface area contributed by atoms with Gasteiger partial charge in [0.15, 0.2) is 0 Å². The van der Waals surface area contributed by atoms with Gasteiger partial charge in [0.25, 0.3) is 0 Å². The minimum absolute atomic E-state index is 0.307. The van der Waals surface area contributed by atoms with Gasteiger partial charge in [0.2, 0.25) is 0 Å². The molecule has 0 radical (unpaired) electrons. The molecule has 4 nitrogen and oxygen atoms in total.